The Bertz CT molecular complexity index is 786. The van der Waals surface area contributed by atoms with Crippen LogP contribution in [0.25, 0.3) is 10.1 Å². The smallest absolute Gasteiger partial charge is 0.261 e. The van der Waals surface area contributed by atoms with Crippen molar-refractivity contribution in [3.05, 3.63) is 59.4 Å². The van der Waals surface area contributed by atoms with Crippen LogP contribution in [0.4, 0.5) is 0 Å². The van der Waals surface area contributed by atoms with E-state index in [4.69, 9.17) is 4.42 Å². The average molecular weight is 341 g/mol. The van der Waals surface area contributed by atoms with Gasteiger partial charge in [-0.05, 0) is 29.7 Å². The summed E-state index contributed by atoms with van der Waals surface area (Å²) in [5, 5.41) is 4.24. The second-order valence-corrected chi connectivity index (χ2v) is 7.38. The van der Waals surface area contributed by atoms with Gasteiger partial charge in [-0.25, -0.2) is 0 Å². The standard InChI is InChI=1S/C19H20N2O2S/c22-19(18-12-14-6-1-2-8-17(14)24-18)20-13-15(16-7-5-11-23-16)21-9-3-4-10-21/h1-2,5-8,11-12,15H,3-4,9-10,13H2,(H,20,22)/p+1/t15-/m1/s1. The van der Waals surface area contributed by atoms with Crippen molar-refractivity contribution in [2.24, 2.45) is 0 Å². The number of hydrogen-bond donors (Lipinski definition) is 2. The Morgan fingerprint density at radius 2 is 2.04 bits per heavy atom. The van der Waals surface area contributed by atoms with Crippen LogP contribution < -0.4 is 10.2 Å². The third-order valence-corrected chi connectivity index (χ3v) is 5.86. The van der Waals surface area contributed by atoms with Crippen molar-refractivity contribution in [2.45, 2.75) is 18.9 Å². The lowest BCUT2D eigenvalue weighted by Crippen LogP contribution is -3.11. The van der Waals surface area contributed by atoms with Gasteiger partial charge < -0.3 is 14.6 Å². The van der Waals surface area contributed by atoms with Crippen molar-refractivity contribution in [1.82, 2.24) is 5.32 Å². The minimum atomic E-state index is 0.00588. The van der Waals surface area contributed by atoms with Gasteiger partial charge in [-0.1, -0.05) is 18.2 Å². The van der Waals surface area contributed by atoms with Crippen LogP contribution in [0.5, 0.6) is 0 Å². The third-order valence-electron chi connectivity index (χ3n) is 4.74. The predicted octanol–water partition coefficient (Wildman–Crippen LogP) is 2.64. The van der Waals surface area contributed by atoms with E-state index in [1.165, 1.54) is 17.7 Å². The summed E-state index contributed by atoms with van der Waals surface area (Å²) in [6.07, 6.45) is 4.21. The summed E-state index contributed by atoms with van der Waals surface area (Å²) in [6, 6.07) is 14.2. The van der Waals surface area contributed by atoms with E-state index in [9.17, 15) is 4.79 Å². The molecule has 1 aliphatic rings. The summed E-state index contributed by atoms with van der Waals surface area (Å²) in [5.74, 6) is 0.967. The number of rotatable bonds is 5. The van der Waals surface area contributed by atoms with Crippen molar-refractivity contribution in [3.8, 4) is 0 Å². The van der Waals surface area contributed by atoms with E-state index in [0.29, 0.717) is 6.54 Å². The summed E-state index contributed by atoms with van der Waals surface area (Å²) in [5.41, 5.74) is 0. The Morgan fingerprint density at radius 1 is 1.21 bits per heavy atom. The lowest BCUT2D eigenvalue weighted by Gasteiger charge is -2.23. The van der Waals surface area contributed by atoms with Gasteiger partial charge in [0, 0.05) is 17.5 Å². The molecule has 0 saturated carbocycles. The highest BCUT2D eigenvalue weighted by Gasteiger charge is 2.30. The van der Waals surface area contributed by atoms with Gasteiger partial charge in [-0.2, -0.15) is 0 Å². The molecular weight excluding hydrogens is 320 g/mol. The predicted molar refractivity (Wildman–Crippen MR) is 95.5 cm³/mol. The Balaban J connectivity index is 1.48. The largest absolute Gasteiger partial charge is 0.463 e. The first-order chi connectivity index (χ1) is 11.8. The van der Waals surface area contributed by atoms with Crippen LogP contribution in [-0.4, -0.2) is 25.5 Å². The van der Waals surface area contributed by atoms with Crippen LogP contribution in [0, 0.1) is 0 Å². The Hall–Kier alpha value is -2.11. The average Bonchev–Trinajstić information content (AvgIpc) is 3.35. The van der Waals surface area contributed by atoms with Crippen LogP contribution in [0.3, 0.4) is 0 Å². The fraction of sp³-hybridized carbons (Fsp3) is 0.316. The highest BCUT2D eigenvalue weighted by molar-refractivity contribution is 7.20. The lowest BCUT2D eigenvalue weighted by molar-refractivity contribution is -0.919. The minimum absolute atomic E-state index is 0.00588. The lowest BCUT2D eigenvalue weighted by atomic mass is 10.2. The van der Waals surface area contributed by atoms with Crippen molar-refractivity contribution in [1.29, 1.82) is 0 Å². The van der Waals surface area contributed by atoms with E-state index in [1.807, 2.05) is 36.4 Å². The minimum Gasteiger partial charge on any atom is -0.463 e. The Labute approximate surface area is 145 Å². The number of carbonyl (C=O) groups excluding carboxylic acids is 1. The van der Waals surface area contributed by atoms with Gasteiger partial charge in [0.15, 0.2) is 11.8 Å². The fourth-order valence-electron chi connectivity index (χ4n) is 3.49. The molecule has 1 atom stereocenters. The zero-order valence-electron chi connectivity index (χ0n) is 13.5. The molecule has 1 fully saturated rings. The molecule has 5 heteroatoms. The molecule has 0 spiro atoms. The summed E-state index contributed by atoms with van der Waals surface area (Å²) < 4.78 is 6.77. The van der Waals surface area contributed by atoms with E-state index < -0.39 is 0 Å². The first-order valence-electron chi connectivity index (χ1n) is 8.46. The molecule has 1 aliphatic heterocycles. The highest BCUT2D eigenvalue weighted by Crippen LogP contribution is 2.25. The molecule has 0 unspecified atom stereocenters. The molecule has 1 saturated heterocycles. The number of furan rings is 1. The van der Waals surface area contributed by atoms with Crippen molar-refractivity contribution < 1.29 is 14.1 Å². The number of fused-ring (bicyclic) bond motifs is 1. The van der Waals surface area contributed by atoms with Crippen LogP contribution in [0.15, 0.2) is 53.1 Å². The summed E-state index contributed by atoms with van der Waals surface area (Å²) in [7, 11) is 0. The summed E-state index contributed by atoms with van der Waals surface area (Å²) >= 11 is 1.54. The second kappa shape index (κ2) is 6.79. The van der Waals surface area contributed by atoms with Crippen molar-refractivity contribution >= 4 is 27.3 Å². The molecule has 1 amide bonds. The maximum Gasteiger partial charge on any atom is 0.261 e. The number of carbonyl (C=O) groups is 1. The molecule has 0 bridgehead atoms. The number of thiophene rings is 1. The van der Waals surface area contributed by atoms with Gasteiger partial charge in [-0.3, -0.25) is 4.79 Å². The van der Waals surface area contributed by atoms with Gasteiger partial charge >= 0.3 is 0 Å². The molecule has 4 nitrogen and oxygen atoms in total. The maximum atomic E-state index is 12.6. The molecule has 2 N–H and O–H groups in total. The van der Waals surface area contributed by atoms with Crippen LogP contribution in [0.2, 0.25) is 0 Å². The number of hydrogen-bond acceptors (Lipinski definition) is 3. The Morgan fingerprint density at radius 3 is 2.79 bits per heavy atom. The zero-order valence-corrected chi connectivity index (χ0v) is 14.3. The molecule has 24 heavy (non-hydrogen) atoms. The molecule has 3 heterocycles. The molecule has 0 aliphatic carbocycles. The molecule has 0 radical (unpaired) electrons. The number of benzene rings is 1. The van der Waals surface area contributed by atoms with E-state index in [2.05, 4.69) is 11.4 Å². The fourth-order valence-corrected chi connectivity index (χ4v) is 4.47. The summed E-state index contributed by atoms with van der Waals surface area (Å²) in [4.78, 5) is 14.8. The molecule has 2 aromatic heterocycles. The number of nitrogens with one attached hydrogen (secondary N) is 2. The molecule has 124 valence electrons. The molecular formula is C19H21N2O2S+. The molecule has 3 aromatic rings. The van der Waals surface area contributed by atoms with Crippen molar-refractivity contribution in [3.63, 3.8) is 0 Å². The van der Waals surface area contributed by atoms with Gasteiger partial charge in [0.25, 0.3) is 5.91 Å². The summed E-state index contributed by atoms with van der Waals surface area (Å²) in [6.45, 7) is 2.89. The quantitative estimate of drug-likeness (QED) is 0.749. The van der Waals surface area contributed by atoms with E-state index in [0.717, 1.165) is 33.8 Å². The first kappa shape index (κ1) is 15.4. The molecule has 1 aromatic carbocycles. The van der Waals surface area contributed by atoms with Gasteiger partial charge in [0.1, 0.15) is 0 Å². The zero-order chi connectivity index (χ0) is 16.4. The topological polar surface area (TPSA) is 46.7 Å². The van der Waals surface area contributed by atoms with E-state index in [-0.39, 0.29) is 11.9 Å². The Kier molecular flexibility index (Phi) is 4.36. The van der Waals surface area contributed by atoms with E-state index >= 15 is 0 Å². The number of likely N-dealkylation sites (tertiary alicyclic amines) is 1. The monoisotopic (exact) mass is 341 g/mol. The number of quaternary nitrogens is 1. The maximum absolute atomic E-state index is 12.6. The normalized spacial score (nSPS) is 16.5. The third kappa shape index (κ3) is 3.09. The second-order valence-electron chi connectivity index (χ2n) is 6.29. The van der Waals surface area contributed by atoms with Gasteiger partial charge in [-0.15, -0.1) is 11.3 Å². The van der Waals surface area contributed by atoms with E-state index in [1.54, 1.807) is 17.6 Å². The van der Waals surface area contributed by atoms with Gasteiger partial charge in [0.2, 0.25) is 0 Å². The number of amides is 1. The van der Waals surface area contributed by atoms with Crippen LogP contribution in [0.1, 0.15) is 34.3 Å². The van der Waals surface area contributed by atoms with Crippen LogP contribution >= 0.6 is 11.3 Å². The first-order valence-corrected chi connectivity index (χ1v) is 9.27. The SMILES string of the molecule is O=C(NC[C@H](c1ccco1)[NH+]1CCCC1)c1cc2ccccc2s1. The van der Waals surface area contributed by atoms with Gasteiger partial charge in [0.05, 0.1) is 30.8 Å². The molecule has 4 rings (SSSR count). The van der Waals surface area contributed by atoms with Crippen LogP contribution in [-0.2, 0) is 0 Å². The van der Waals surface area contributed by atoms with Crippen molar-refractivity contribution in [2.75, 3.05) is 19.6 Å². The highest BCUT2D eigenvalue weighted by atomic mass is 32.1.